The minimum atomic E-state index is -0.321. The first-order chi connectivity index (χ1) is 7.16. The maximum Gasteiger partial charge on any atom is 0.119 e. The molecule has 0 aromatic rings. The predicted molar refractivity (Wildman–Crippen MR) is 56.6 cm³/mol. The monoisotopic (exact) mass is 212 g/mol. The van der Waals surface area contributed by atoms with E-state index in [1.165, 1.54) is 0 Å². The van der Waals surface area contributed by atoms with Crippen molar-refractivity contribution >= 4 is 6.29 Å². The molecule has 2 bridgehead atoms. The van der Waals surface area contributed by atoms with E-state index < -0.39 is 0 Å². The smallest absolute Gasteiger partial charge is 0.119 e. The second kappa shape index (κ2) is 3.87. The molecule has 15 heavy (non-hydrogen) atoms. The zero-order valence-corrected chi connectivity index (χ0v) is 9.37. The van der Waals surface area contributed by atoms with Crippen molar-refractivity contribution in [1.29, 1.82) is 0 Å². The van der Waals surface area contributed by atoms with Crippen LogP contribution in [0.1, 0.15) is 51.9 Å². The van der Waals surface area contributed by atoms with Gasteiger partial charge in [-0.3, -0.25) is 0 Å². The van der Waals surface area contributed by atoms with Gasteiger partial charge in [0.1, 0.15) is 6.29 Å². The van der Waals surface area contributed by atoms with E-state index in [1.807, 2.05) is 0 Å². The number of aliphatic hydroxyl groups is 1. The number of hydrogen-bond donors (Lipinski definition) is 1. The lowest BCUT2D eigenvalue weighted by Gasteiger charge is -2.28. The third-order valence-corrected chi connectivity index (χ3v) is 4.16. The number of carbonyl (C=O) groups is 1. The van der Waals surface area contributed by atoms with Crippen LogP contribution in [0.2, 0.25) is 0 Å². The SMILES string of the molecule is CCC12CCC(CCCC=O)(O1)C(O)C2. The highest BCUT2D eigenvalue weighted by Gasteiger charge is 2.59. The molecule has 0 aromatic heterocycles. The largest absolute Gasteiger partial charge is 0.390 e. The lowest BCUT2D eigenvalue weighted by atomic mass is 9.77. The van der Waals surface area contributed by atoms with Crippen LogP contribution in [0.4, 0.5) is 0 Å². The van der Waals surface area contributed by atoms with Crippen LogP contribution in [0.25, 0.3) is 0 Å². The number of aliphatic hydroxyl groups excluding tert-OH is 1. The van der Waals surface area contributed by atoms with E-state index in [0.717, 1.165) is 44.8 Å². The van der Waals surface area contributed by atoms with Crippen molar-refractivity contribution in [2.45, 2.75) is 69.2 Å². The van der Waals surface area contributed by atoms with Gasteiger partial charge in [0.25, 0.3) is 0 Å². The molecule has 3 unspecified atom stereocenters. The number of rotatable bonds is 5. The maximum atomic E-state index is 10.3. The van der Waals surface area contributed by atoms with Crippen molar-refractivity contribution in [1.82, 2.24) is 0 Å². The fraction of sp³-hybridized carbons (Fsp3) is 0.917. The highest BCUT2D eigenvalue weighted by atomic mass is 16.6. The number of ether oxygens (including phenoxy) is 1. The summed E-state index contributed by atoms with van der Waals surface area (Å²) in [7, 11) is 0. The zero-order chi connectivity index (χ0) is 10.9. The summed E-state index contributed by atoms with van der Waals surface area (Å²) in [4.78, 5) is 10.3. The standard InChI is InChI=1S/C12H20O3/c1-2-11-6-7-12(15-11,10(14)9-11)5-3-4-8-13/h8,10,14H,2-7,9H2,1H3. The number of unbranched alkanes of at least 4 members (excludes halogenated alkanes) is 1. The Bertz CT molecular complexity index is 253. The molecule has 2 heterocycles. The van der Waals surface area contributed by atoms with E-state index in [9.17, 15) is 9.90 Å². The molecule has 2 aliphatic rings. The molecule has 3 heteroatoms. The Morgan fingerprint density at radius 1 is 1.53 bits per heavy atom. The first kappa shape index (κ1) is 11.1. The van der Waals surface area contributed by atoms with Gasteiger partial charge in [-0.1, -0.05) is 6.92 Å². The van der Waals surface area contributed by atoms with Gasteiger partial charge in [-0.25, -0.2) is 0 Å². The number of fused-ring (bicyclic) bond motifs is 2. The van der Waals surface area contributed by atoms with Crippen LogP contribution >= 0.6 is 0 Å². The highest BCUT2D eigenvalue weighted by Crippen LogP contribution is 2.54. The van der Waals surface area contributed by atoms with Crippen molar-refractivity contribution in [3.63, 3.8) is 0 Å². The number of carbonyl (C=O) groups excluding carboxylic acids is 1. The van der Waals surface area contributed by atoms with Gasteiger partial charge < -0.3 is 14.6 Å². The molecule has 3 nitrogen and oxygen atoms in total. The minimum absolute atomic E-state index is 0.0550. The quantitative estimate of drug-likeness (QED) is 0.558. The first-order valence-electron chi connectivity index (χ1n) is 5.98. The summed E-state index contributed by atoms with van der Waals surface area (Å²) in [6.45, 7) is 2.12. The van der Waals surface area contributed by atoms with Crippen LogP contribution < -0.4 is 0 Å². The number of aldehydes is 1. The minimum Gasteiger partial charge on any atom is -0.390 e. The van der Waals surface area contributed by atoms with Crippen LogP contribution in [0.15, 0.2) is 0 Å². The molecule has 0 spiro atoms. The summed E-state index contributed by atoms with van der Waals surface area (Å²) in [5, 5.41) is 10.1. The first-order valence-corrected chi connectivity index (χ1v) is 5.98. The molecule has 2 aliphatic heterocycles. The highest BCUT2D eigenvalue weighted by molar-refractivity contribution is 5.49. The third-order valence-electron chi connectivity index (χ3n) is 4.16. The lowest BCUT2D eigenvalue weighted by Crippen LogP contribution is -2.38. The molecule has 2 fully saturated rings. The van der Waals surface area contributed by atoms with Gasteiger partial charge in [0.05, 0.1) is 17.3 Å². The summed E-state index contributed by atoms with van der Waals surface area (Å²) < 4.78 is 6.09. The molecule has 0 aliphatic carbocycles. The van der Waals surface area contributed by atoms with Gasteiger partial charge in [-0.15, -0.1) is 0 Å². The van der Waals surface area contributed by atoms with Crippen molar-refractivity contribution in [3.05, 3.63) is 0 Å². The Hall–Kier alpha value is -0.410. The second-order valence-electron chi connectivity index (χ2n) is 4.98. The van der Waals surface area contributed by atoms with Crippen LogP contribution in [0.5, 0.6) is 0 Å². The number of hydrogen-bond acceptors (Lipinski definition) is 3. The van der Waals surface area contributed by atoms with Crippen molar-refractivity contribution in [2.75, 3.05) is 0 Å². The Kier molecular flexibility index (Phi) is 2.86. The van der Waals surface area contributed by atoms with E-state index in [4.69, 9.17) is 4.74 Å². The normalized spacial score (nSPS) is 43.5. The molecule has 0 amide bonds. The average molecular weight is 212 g/mol. The van der Waals surface area contributed by atoms with E-state index in [1.54, 1.807) is 0 Å². The molecule has 2 rings (SSSR count). The molecule has 0 saturated carbocycles. The fourth-order valence-corrected chi connectivity index (χ4v) is 3.11. The van der Waals surface area contributed by atoms with Gasteiger partial charge in [-0.05, 0) is 32.1 Å². The van der Waals surface area contributed by atoms with Gasteiger partial charge in [0.2, 0.25) is 0 Å². The van der Waals surface area contributed by atoms with Crippen LogP contribution in [0.3, 0.4) is 0 Å². The topological polar surface area (TPSA) is 46.5 Å². The second-order valence-corrected chi connectivity index (χ2v) is 4.98. The molecule has 86 valence electrons. The van der Waals surface area contributed by atoms with E-state index in [0.29, 0.717) is 6.42 Å². The fourth-order valence-electron chi connectivity index (χ4n) is 3.11. The van der Waals surface area contributed by atoms with E-state index >= 15 is 0 Å². The van der Waals surface area contributed by atoms with E-state index in [2.05, 4.69) is 6.92 Å². The van der Waals surface area contributed by atoms with Crippen LogP contribution in [0, 0.1) is 0 Å². The van der Waals surface area contributed by atoms with Crippen molar-refractivity contribution < 1.29 is 14.6 Å². The van der Waals surface area contributed by atoms with Gasteiger partial charge in [0.15, 0.2) is 0 Å². The van der Waals surface area contributed by atoms with E-state index in [-0.39, 0.29) is 17.3 Å². The van der Waals surface area contributed by atoms with Crippen molar-refractivity contribution in [3.8, 4) is 0 Å². The van der Waals surface area contributed by atoms with Crippen LogP contribution in [-0.2, 0) is 9.53 Å². The molecule has 0 radical (unpaired) electrons. The Labute approximate surface area is 90.8 Å². The molecular formula is C12H20O3. The zero-order valence-electron chi connectivity index (χ0n) is 9.37. The van der Waals surface area contributed by atoms with Gasteiger partial charge >= 0.3 is 0 Å². The molecule has 1 N–H and O–H groups in total. The molecule has 2 saturated heterocycles. The lowest BCUT2D eigenvalue weighted by molar-refractivity contribution is -0.108. The summed E-state index contributed by atoms with van der Waals surface area (Å²) in [6, 6.07) is 0. The average Bonchev–Trinajstić information content (AvgIpc) is 2.72. The molecule has 3 atom stereocenters. The molecule has 0 aromatic carbocycles. The van der Waals surface area contributed by atoms with Gasteiger partial charge in [-0.2, -0.15) is 0 Å². The maximum absolute atomic E-state index is 10.3. The Balaban J connectivity index is 2.00. The Morgan fingerprint density at radius 3 is 2.87 bits per heavy atom. The molecular weight excluding hydrogens is 192 g/mol. The summed E-state index contributed by atoms with van der Waals surface area (Å²) in [5.74, 6) is 0. The summed E-state index contributed by atoms with van der Waals surface area (Å²) in [5.41, 5.74) is -0.375. The third kappa shape index (κ3) is 1.72. The summed E-state index contributed by atoms with van der Waals surface area (Å²) >= 11 is 0. The Morgan fingerprint density at radius 2 is 2.33 bits per heavy atom. The van der Waals surface area contributed by atoms with Crippen LogP contribution in [-0.4, -0.2) is 28.7 Å². The summed E-state index contributed by atoms with van der Waals surface area (Å²) in [6.07, 6.45) is 6.66. The van der Waals surface area contributed by atoms with Gasteiger partial charge in [0, 0.05) is 12.8 Å². The van der Waals surface area contributed by atoms with Crippen molar-refractivity contribution in [2.24, 2.45) is 0 Å². The predicted octanol–water partition coefficient (Wildman–Crippen LogP) is 1.82.